The van der Waals surface area contributed by atoms with Crippen molar-refractivity contribution in [3.05, 3.63) is 65.6 Å². The van der Waals surface area contributed by atoms with Crippen molar-refractivity contribution < 1.29 is 13.9 Å². The summed E-state index contributed by atoms with van der Waals surface area (Å²) in [5.41, 5.74) is 2.90. The van der Waals surface area contributed by atoms with E-state index in [0.717, 1.165) is 5.56 Å². The second kappa shape index (κ2) is 7.39. The number of benzene rings is 2. The fourth-order valence-electron chi connectivity index (χ4n) is 2.63. The minimum absolute atomic E-state index is 0.289. The Morgan fingerprint density at radius 2 is 1.92 bits per heavy atom. The number of carbonyl (C=O) groups is 1. The SMILES string of the molecule is CCn1nc(-c2ccc(OC)cc2F)cc1C(=O)Nc1ccc(C)cc1. The molecule has 6 heteroatoms. The topological polar surface area (TPSA) is 56.2 Å². The molecule has 0 saturated heterocycles. The van der Waals surface area contributed by atoms with Gasteiger partial charge in [0.05, 0.1) is 12.8 Å². The summed E-state index contributed by atoms with van der Waals surface area (Å²) < 4.78 is 20.9. The van der Waals surface area contributed by atoms with E-state index in [2.05, 4.69) is 10.4 Å². The Kier molecular flexibility index (Phi) is 5.02. The number of nitrogens with one attached hydrogen (secondary N) is 1. The fraction of sp³-hybridized carbons (Fsp3) is 0.200. The third-order valence-electron chi connectivity index (χ3n) is 4.07. The van der Waals surface area contributed by atoms with Crippen LogP contribution in [0.3, 0.4) is 0 Å². The van der Waals surface area contributed by atoms with Gasteiger partial charge in [-0.1, -0.05) is 17.7 Å². The molecule has 0 saturated carbocycles. The van der Waals surface area contributed by atoms with Crippen LogP contribution in [-0.4, -0.2) is 22.8 Å². The van der Waals surface area contributed by atoms with E-state index in [9.17, 15) is 9.18 Å². The van der Waals surface area contributed by atoms with Gasteiger partial charge in [-0.15, -0.1) is 0 Å². The number of hydrogen-bond donors (Lipinski definition) is 1. The zero-order valence-corrected chi connectivity index (χ0v) is 14.9. The molecule has 134 valence electrons. The Morgan fingerprint density at radius 3 is 2.54 bits per heavy atom. The maximum Gasteiger partial charge on any atom is 0.273 e. The molecule has 2 aromatic carbocycles. The number of carbonyl (C=O) groups excluding carboxylic acids is 1. The average molecular weight is 353 g/mol. The molecule has 1 N–H and O–H groups in total. The third kappa shape index (κ3) is 3.59. The maximum atomic E-state index is 14.3. The number of hydrogen-bond acceptors (Lipinski definition) is 3. The van der Waals surface area contributed by atoms with Gasteiger partial charge in [0.15, 0.2) is 0 Å². The summed E-state index contributed by atoms with van der Waals surface area (Å²) in [5, 5.41) is 7.21. The summed E-state index contributed by atoms with van der Waals surface area (Å²) in [6.45, 7) is 4.35. The Hall–Kier alpha value is -3.15. The van der Waals surface area contributed by atoms with Gasteiger partial charge >= 0.3 is 0 Å². The molecule has 0 fully saturated rings. The second-order valence-electron chi connectivity index (χ2n) is 5.90. The van der Waals surface area contributed by atoms with E-state index in [1.165, 1.54) is 13.2 Å². The minimum Gasteiger partial charge on any atom is -0.497 e. The molecule has 0 aliphatic rings. The maximum absolute atomic E-state index is 14.3. The zero-order valence-electron chi connectivity index (χ0n) is 14.9. The highest BCUT2D eigenvalue weighted by atomic mass is 19.1. The van der Waals surface area contributed by atoms with Crippen LogP contribution >= 0.6 is 0 Å². The molecule has 5 nitrogen and oxygen atoms in total. The first-order valence-corrected chi connectivity index (χ1v) is 8.31. The van der Waals surface area contributed by atoms with Crippen molar-refractivity contribution in [2.24, 2.45) is 0 Å². The molecule has 0 aliphatic heterocycles. The standard InChI is InChI=1S/C20H20FN3O2/c1-4-24-19(20(25)22-14-7-5-13(2)6-8-14)12-18(23-24)16-10-9-15(26-3)11-17(16)21/h5-12H,4H2,1-3H3,(H,22,25). The minimum atomic E-state index is -0.449. The Morgan fingerprint density at radius 1 is 1.19 bits per heavy atom. The zero-order chi connectivity index (χ0) is 18.7. The summed E-state index contributed by atoms with van der Waals surface area (Å²) in [6, 6.07) is 13.7. The van der Waals surface area contributed by atoms with E-state index in [-0.39, 0.29) is 5.91 Å². The molecular weight excluding hydrogens is 333 g/mol. The van der Waals surface area contributed by atoms with Crippen LogP contribution in [0.4, 0.5) is 10.1 Å². The largest absolute Gasteiger partial charge is 0.497 e. The highest BCUT2D eigenvalue weighted by molar-refractivity contribution is 6.03. The van der Waals surface area contributed by atoms with Crippen LogP contribution in [0.5, 0.6) is 5.75 Å². The monoisotopic (exact) mass is 353 g/mol. The van der Waals surface area contributed by atoms with Crippen LogP contribution in [0.25, 0.3) is 11.3 Å². The normalized spacial score (nSPS) is 10.6. The lowest BCUT2D eigenvalue weighted by Gasteiger charge is -2.06. The van der Waals surface area contributed by atoms with Gasteiger partial charge in [-0.3, -0.25) is 9.48 Å². The van der Waals surface area contributed by atoms with Gasteiger partial charge in [-0.25, -0.2) is 4.39 Å². The molecule has 1 heterocycles. The van der Waals surface area contributed by atoms with Crippen LogP contribution in [0.2, 0.25) is 0 Å². The van der Waals surface area contributed by atoms with Crippen LogP contribution in [0.15, 0.2) is 48.5 Å². The van der Waals surface area contributed by atoms with Crippen LogP contribution in [0, 0.1) is 12.7 Å². The molecule has 1 aromatic heterocycles. The van der Waals surface area contributed by atoms with Crippen LogP contribution < -0.4 is 10.1 Å². The number of aromatic nitrogens is 2. The fourth-order valence-corrected chi connectivity index (χ4v) is 2.63. The molecule has 3 aromatic rings. The van der Waals surface area contributed by atoms with Crippen molar-refractivity contribution in [3.63, 3.8) is 0 Å². The first-order chi connectivity index (χ1) is 12.5. The number of amides is 1. The molecule has 26 heavy (non-hydrogen) atoms. The van der Waals surface area contributed by atoms with E-state index < -0.39 is 5.82 Å². The summed E-state index contributed by atoms with van der Waals surface area (Å²) in [4.78, 5) is 12.6. The summed E-state index contributed by atoms with van der Waals surface area (Å²) >= 11 is 0. The first-order valence-electron chi connectivity index (χ1n) is 8.31. The highest BCUT2D eigenvalue weighted by Gasteiger charge is 2.18. The predicted octanol–water partition coefficient (Wildman–Crippen LogP) is 4.28. The van der Waals surface area contributed by atoms with Gasteiger partial charge in [0.2, 0.25) is 0 Å². The lowest BCUT2D eigenvalue weighted by Crippen LogP contribution is -2.17. The van der Waals surface area contributed by atoms with Crippen molar-refractivity contribution in [2.45, 2.75) is 20.4 Å². The number of methoxy groups -OCH3 is 1. The van der Waals surface area contributed by atoms with Gasteiger partial charge in [0.25, 0.3) is 5.91 Å². The van der Waals surface area contributed by atoms with Crippen LogP contribution in [0.1, 0.15) is 23.0 Å². The van der Waals surface area contributed by atoms with Crippen molar-refractivity contribution >= 4 is 11.6 Å². The van der Waals surface area contributed by atoms with Crippen molar-refractivity contribution in [3.8, 4) is 17.0 Å². The van der Waals surface area contributed by atoms with Crippen molar-refractivity contribution in [1.29, 1.82) is 0 Å². The lowest BCUT2D eigenvalue weighted by molar-refractivity contribution is 0.101. The average Bonchev–Trinajstić information content (AvgIpc) is 3.07. The smallest absolute Gasteiger partial charge is 0.273 e. The number of anilines is 1. The van der Waals surface area contributed by atoms with Gasteiger partial charge < -0.3 is 10.1 Å². The molecule has 1 amide bonds. The van der Waals surface area contributed by atoms with Crippen molar-refractivity contribution in [1.82, 2.24) is 9.78 Å². The summed E-state index contributed by atoms with van der Waals surface area (Å²) in [7, 11) is 1.48. The Balaban J connectivity index is 1.91. The molecule has 0 atom stereocenters. The molecule has 0 bridgehead atoms. The van der Waals surface area contributed by atoms with E-state index in [4.69, 9.17) is 4.74 Å². The van der Waals surface area contributed by atoms with Gasteiger partial charge in [0, 0.05) is 23.9 Å². The molecule has 0 spiro atoms. The molecule has 3 rings (SSSR count). The highest BCUT2D eigenvalue weighted by Crippen LogP contribution is 2.26. The van der Waals surface area contributed by atoms with Crippen LogP contribution in [-0.2, 0) is 6.54 Å². The summed E-state index contributed by atoms with van der Waals surface area (Å²) in [6.07, 6.45) is 0. The number of ether oxygens (including phenoxy) is 1. The third-order valence-corrected chi connectivity index (χ3v) is 4.07. The molecule has 0 aliphatic carbocycles. The van der Waals surface area contributed by atoms with Gasteiger partial charge in [-0.2, -0.15) is 5.10 Å². The first kappa shape index (κ1) is 17.7. The predicted molar refractivity (Wildman–Crippen MR) is 99.0 cm³/mol. The number of rotatable bonds is 5. The number of halogens is 1. The molecular formula is C20H20FN3O2. The van der Waals surface area contributed by atoms with E-state index >= 15 is 0 Å². The number of aryl methyl sites for hydroxylation is 2. The summed E-state index contributed by atoms with van der Waals surface area (Å²) in [5.74, 6) is -0.308. The Labute approximate surface area is 151 Å². The molecule has 0 radical (unpaired) electrons. The van der Waals surface area contributed by atoms with E-state index in [1.807, 2.05) is 38.1 Å². The Bertz CT molecular complexity index is 933. The van der Waals surface area contributed by atoms with Crippen molar-refractivity contribution in [2.75, 3.05) is 12.4 Å². The quantitative estimate of drug-likeness (QED) is 0.745. The van der Waals surface area contributed by atoms with E-state index in [1.54, 1.807) is 22.9 Å². The molecule has 0 unspecified atom stereocenters. The number of nitrogens with zero attached hydrogens (tertiary/aromatic N) is 2. The lowest BCUT2D eigenvalue weighted by atomic mass is 10.1. The van der Waals surface area contributed by atoms with Gasteiger partial charge in [0.1, 0.15) is 17.3 Å². The van der Waals surface area contributed by atoms with Gasteiger partial charge in [-0.05, 0) is 44.2 Å². The second-order valence-corrected chi connectivity index (χ2v) is 5.90. The van der Waals surface area contributed by atoms with E-state index in [0.29, 0.717) is 34.9 Å².